The molecule has 0 radical (unpaired) electrons. The summed E-state index contributed by atoms with van der Waals surface area (Å²) in [6.45, 7) is 3.35. The van der Waals surface area contributed by atoms with Crippen LogP contribution in [-0.2, 0) is 16.6 Å². The normalized spacial score (nSPS) is 17.2. The van der Waals surface area contributed by atoms with E-state index in [4.69, 9.17) is 14.2 Å². The molecule has 2 aliphatic rings. The summed E-state index contributed by atoms with van der Waals surface area (Å²) in [6.07, 6.45) is 4.57. The number of guanidine groups is 1. The number of hydrogen-bond acceptors (Lipinski definition) is 5. The molecule has 2 aliphatic heterocycles. The van der Waals surface area contributed by atoms with E-state index in [1.807, 2.05) is 30.5 Å². The van der Waals surface area contributed by atoms with E-state index in [2.05, 4.69) is 32.7 Å². The summed E-state index contributed by atoms with van der Waals surface area (Å²) in [5, 5.41) is 6.91. The maximum Gasteiger partial charge on any atom is 0.231 e. The molecule has 4 rings (SSSR count). The summed E-state index contributed by atoms with van der Waals surface area (Å²) in [5.41, 5.74) is 2.29. The lowest BCUT2D eigenvalue weighted by molar-refractivity contribution is 0.0513. The monoisotopic (exact) mass is 524 g/mol. The van der Waals surface area contributed by atoms with Crippen molar-refractivity contribution < 1.29 is 14.2 Å². The van der Waals surface area contributed by atoms with Gasteiger partial charge in [-0.25, -0.2) is 0 Å². The van der Waals surface area contributed by atoms with Crippen LogP contribution >= 0.6 is 24.0 Å². The summed E-state index contributed by atoms with van der Waals surface area (Å²) in [7, 11) is 1.80. The van der Waals surface area contributed by atoms with Crippen molar-refractivity contribution in [3.63, 3.8) is 0 Å². The largest absolute Gasteiger partial charge is 0.454 e. The number of hydrogen-bond donors (Lipinski definition) is 2. The van der Waals surface area contributed by atoms with Gasteiger partial charge in [0.05, 0.1) is 0 Å². The maximum atomic E-state index is 5.65. The highest BCUT2D eigenvalue weighted by Gasteiger charge is 2.35. The van der Waals surface area contributed by atoms with Gasteiger partial charge in [0.2, 0.25) is 6.79 Å². The Morgan fingerprint density at radius 3 is 2.70 bits per heavy atom. The van der Waals surface area contributed by atoms with Crippen molar-refractivity contribution in [2.24, 2.45) is 4.99 Å². The minimum Gasteiger partial charge on any atom is -0.454 e. The molecule has 0 atom stereocenters. The molecule has 0 saturated carbocycles. The number of halogens is 1. The predicted molar refractivity (Wildman–Crippen MR) is 127 cm³/mol. The van der Waals surface area contributed by atoms with E-state index in [0.29, 0.717) is 6.79 Å². The first-order chi connectivity index (χ1) is 14.3. The van der Waals surface area contributed by atoms with Crippen molar-refractivity contribution in [3.8, 4) is 11.5 Å². The van der Waals surface area contributed by atoms with Gasteiger partial charge in [0, 0.05) is 57.1 Å². The van der Waals surface area contributed by atoms with Crippen molar-refractivity contribution in [1.29, 1.82) is 0 Å². The van der Waals surface area contributed by atoms with Crippen LogP contribution in [0.2, 0.25) is 0 Å². The number of benzene rings is 1. The number of pyridine rings is 1. The molecular formula is C22H29IN4O3. The first kappa shape index (κ1) is 22.6. The van der Waals surface area contributed by atoms with Gasteiger partial charge in [-0.3, -0.25) is 9.98 Å². The molecule has 30 heavy (non-hydrogen) atoms. The zero-order chi connectivity index (χ0) is 19.9. The highest BCUT2D eigenvalue weighted by molar-refractivity contribution is 14.0. The Balaban J connectivity index is 0.00000256. The topological polar surface area (TPSA) is 77.0 Å². The third kappa shape index (κ3) is 5.34. The van der Waals surface area contributed by atoms with Crippen molar-refractivity contribution in [2.75, 3.05) is 40.1 Å². The van der Waals surface area contributed by atoms with Crippen LogP contribution in [0.25, 0.3) is 0 Å². The molecule has 2 aromatic rings. The molecule has 0 unspecified atom stereocenters. The molecule has 7 nitrogen and oxygen atoms in total. The summed E-state index contributed by atoms with van der Waals surface area (Å²) >= 11 is 0. The number of aliphatic imine (C=N–C) groups is 1. The van der Waals surface area contributed by atoms with Crippen molar-refractivity contribution in [1.82, 2.24) is 15.6 Å². The molecule has 0 spiro atoms. The molecule has 0 bridgehead atoms. The number of nitrogens with zero attached hydrogens (tertiary/aromatic N) is 2. The zero-order valence-electron chi connectivity index (χ0n) is 17.2. The van der Waals surface area contributed by atoms with Crippen LogP contribution < -0.4 is 20.1 Å². The average Bonchev–Trinajstić information content (AvgIpc) is 3.25. The van der Waals surface area contributed by atoms with E-state index in [9.17, 15) is 0 Å². The van der Waals surface area contributed by atoms with Gasteiger partial charge < -0.3 is 24.8 Å². The minimum atomic E-state index is -0.0299. The number of nitrogens with one attached hydrogen (secondary N) is 2. The number of fused-ring (bicyclic) bond motifs is 1. The van der Waals surface area contributed by atoms with E-state index in [-0.39, 0.29) is 29.4 Å². The molecule has 2 N–H and O–H groups in total. The Morgan fingerprint density at radius 1 is 1.10 bits per heavy atom. The van der Waals surface area contributed by atoms with E-state index in [1.54, 1.807) is 7.05 Å². The number of ether oxygens (including phenoxy) is 3. The number of aromatic nitrogens is 1. The van der Waals surface area contributed by atoms with E-state index >= 15 is 0 Å². The van der Waals surface area contributed by atoms with Crippen LogP contribution in [0.5, 0.6) is 11.5 Å². The standard InChI is InChI=1S/C22H28N4O3.HI/c1-23-21(25-11-7-18-4-2-3-10-24-18)26-15-22(8-12-27-13-9-22)17-5-6-19-20(14-17)29-16-28-19;/h2-6,10,14H,7-9,11-13,15-16H2,1H3,(H2,23,25,26);1H. The van der Waals surface area contributed by atoms with Gasteiger partial charge in [-0.05, 0) is 42.7 Å². The molecule has 0 aliphatic carbocycles. The Hall–Kier alpha value is -2.07. The summed E-state index contributed by atoms with van der Waals surface area (Å²) in [6, 6.07) is 12.3. The quantitative estimate of drug-likeness (QED) is 0.344. The Kier molecular flexibility index (Phi) is 8.15. The van der Waals surface area contributed by atoms with Gasteiger partial charge in [0.1, 0.15) is 0 Å². The molecular weight excluding hydrogens is 495 g/mol. The average molecular weight is 524 g/mol. The highest BCUT2D eigenvalue weighted by atomic mass is 127. The zero-order valence-corrected chi connectivity index (χ0v) is 19.6. The van der Waals surface area contributed by atoms with Gasteiger partial charge in [-0.15, -0.1) is 24.0 Å². The Bertz CT molecular complexity index is 842. The molecule has 3 heterocycles. The van der Waals surface area contributed by atoms with E-state index in [1.165, 1.54) is 5.56 Å². The third-order valence-electron chi connectivity index (χ3n) is 5.65. The van der Waals surface area contributed by atoms with Crippen LogP contribution in [0.1, 0.15) is 24.1 Å². The summed E-state index contributed by atoms with van der Waals surface area (Å²) in [5.74, 6) is 2.44. The molecule has 1 saturated heterocycles. The SMILES string of the molecule is CN=C(NCCc1ccccn1)NCC1(c2ccc3c(c2)OCO3)CCOCC1.I. The van der Waals surface area contributed by atoms with Gasteiger partial charge in [0.15, 0.2) is 17.5 Å². The maximum absolute atomic E-state index is 5.65. The van der Waals surface area contributed by atoms with E-state index < -0.39 is 0 Å². The fourth-order valence-electron chi connectivity index (χ4n) is 3.88. The lowest BCUT2D eigenvalue weighted by atomic mass is 9.74. The summed E-state index contributed by atoms with van der Waals surface area (Å²) < 4.78 is 16.7. The van der Waals surface area contributed by atoms with Crippen molar-refractivity contribution >= 4 is 29.9 Å². The first-order valence-electron chi connectivity index (χ1n) is 10.1. The van der Waals surface area contributed by atoms with Crippen LogP contribution in [0.15, 0.2) is 47.6 Å². The Labute approximate surface area is 194 Å². The lowest BCUT2D eigenvalue weighted by Gasteiger charge is -2.38. The molecule has 8 heteroatoms. The Morgan fingerprint density at radius 2 is 1.93 bits per heavy atom. The molecule has 1 fully saturated rings. The third-order valence-corrected chi connectivity index (χ3v) is 5.65. The van der Waals surface area contributed by atoms with Crippen molar-refractivity contribution in [2.45, 2.75) is 24.7 Å². The van der Waals surface area contributed by atoms with E-state index in [0.717, 1.165) is 68.7 Å². The second kappa shape index (κ2) is 10.8. The van der Waals surface area contributed by atoms with Gasteiger partial charge in [-0.1, -0.05) is 12.1 Å². The van der Waals surface area contributed by atoms with Crippen LogP contribution in [0.3, 0.4) is 0 Å². The van der Waals surface area contributed by atoms with Crippen LogP contribution in [-0.4, -0.2) is 51.1 Å². The van der Waals surface area contributed by atoms with Gasteiger partial charge in [0.25, 0.3) is 0 Å². The minimum absolute atomic E-state index is 0. The van der Waals surface area contributed by atoms with Crippen LogP contribution in [0, 0.1) is 0 Å². The van der Waals surface area contributed by atoms with Gasteiger partial charge in [-0.2, -0.15) is 0 Å². The molecule has 1 aromatic heterocycles. The lowest BCUT2D eigenvalue weighted by Crippen LogP contribution is -2.48. The van der Waals surface area contributed by atoms with Crippen LogP contribution in [0.4, 0.5) is 0 Å². The van der Waals surface area contributed by atoms with Crippen molar-refractivity contribution in [3.05, 3.63) is 53.9 Å². The molecule has 0 amide bonds. The molecule has 1 aromatic carbocycles. The second-order valence-corrected chi connectivity index (χ2v) is 7.38. The molecule has 162 valence electrons. The summed E-state index contributed by atoms with van der Waals surface area (Å²) in [4.78, 5) is 8.75. The predicted octanol–water partition coefficient (Wildman–Crippen LogP) is 2.88. The van der Waals surface area contributed by atoms with Gasteiger partial charge >= 0.3 is 0 Å². The fourth-order valence-corrected chi connectivity index (χ4v) is 3.88. The smallest absolute Gasteiger partial charge is 0.231 e. The fraction of sp³-hybridized carbons (Fsp3) is 0.455. The number of rotatable bonds is 6. The highest BCUT2D eigenvalue weighted by Crippen LogP contribution is 2.40. The first-order valence-corrected chi connectivity index (χ1v) is 10.1. The second-order valence-electron chi connectivity index (χ2n) is 7.38.